The Morgan fingerprint density at radius 3 is 1.98 bits per heavy atom. The van der Waals surface area contributed by atoms with Gasteiger partial charge in [0.1, 0.15) is 17.9 Å². The maximum atomic E-state index is 13.3. The number of amidine groups is 1. The van der Waals surface area contributed by atoms with Crippen LogP contribution >= 0.6 is 0 Å². The predicted molar refractivity (Wildman–Crippen MR) is 159 cm³/mol. The van der Waals surface area contributed by atoms with Gasteiger partial charge in [0.2, 0.25) is 27.7 Å². The number of nitrogen functional groups attached to an aromatic ring is 1. The van der Waals surface area contributed by atoms with E-state index >= 15 is 0 Å². The van der Waals surface area contributed by atoms with Crippen molar-refractivity contribution in [1.82, 2.24) is 15.4 Å². The van der Waals surface area contributed by atoms with Crippen LogP contribution in [0.3, 0.4) is 0 Å². The van der Waals surface area contributed by atoms with Crippen LogP contribution in [0.5, 0.6) is 0 Å². The molecule has 8 N–H and O–H groups in total. The monoisotopic (exact) mass is 580 g/mol. The molecule has 3 aromatic rings. The van der Waals surface area contributed by atoms with E-state index in [1.54, 1.807) is 36.4 Å². The molecule has 0 spiro atoms. The average Bonchev–Trinajstić information content (AvgIpc) is 2.93. The molecule has 0 saturated heterocycles. The highest BCUT2D eigenvalue weighted by Crippen LogP contribution is 2.20. The SMILES string of the molecule is CS(=O)(=O)N[C@H](Cc1ccc(-c2ccccc2)cc1)C(=O)N[C@@H](CCC(N)=O)C(=O)NCc1ccc(C(=N)N)cc1.[HH]. The minimum absolute atomic E-state index is 0. The maximum absolute atomic E-state index is 13.3. The molecule has 3 rings (SSSR count). The van der Waals surface area contributed by atoms with Crippen molar-refractivity contribution in [2.75, 3.05) is 6.26 Å². The molecule has 0 aliphatic heterocycles. The molecule has 11 nitrogen and oxygen atoms in total. The van der Waals surface area contributed by atoms with Crippen molar-refractivity contribution in [2.24, 2.45) is 11.5 Å². The van der Waals surface area contributed by atoms with Crippen molar-refractivity contribution in [1.29, 1.82) is 5.41 Å². The van der Waals surface area contributed by atoms with E-state index in [0.29, 0.717) is 11.1 Å². The van der Waals surface area contributed by atoms with Crippen molar-refractivity contribution < 1.29 is 24.2 Å². The first kappa shape index (κ1) is 31.0. The first-order chi connectivity index (χ1) is 19.4. The number of primary amides is 1. The Labute approximate surface area is 240 Å². The molecule has 0 heterocycles. The highest BCUT2D eigenvalue weighted by Gasteiger charge is 2.28. The van der Waals surface area contributed by atoms with Crippen LogP contribution in [0.4, 0.5) is 0 Å². The number of carbonyl (C=O) groups is 3. The topological polar surface area (TPSA) is 197 Å². The van der Waals surface area contributed by atoms with Crippen LogP contribution in [0.2, 0.25) is 0 Å². The molecule has 218 valence electrons. The van der Waals surface area contributed by atoms with E-state index in [4.69, 9.17) is 16.9 Å². The Morgan fingerprint density at radius 2 is 1.41 bits per heavy atom. The summed E-state index contributed by atoms with van der Waals surface area (Å²) >= 11 is 0. The lowest BCUT2D eigenvalue weighted by atomic mass is 10.0. The van der Waals surface area contributed by atoms with Gasteiger partial charge in [-0.3, -0.25) is 19.8 Å². The Kier molecular flexibility index (Phi) is 10.7. The summed E-state index contributed by atoms with van der Waals surface area (Å²) in [5.74, 6) is -2.03. The molecule has 0 aliphatic rings. The van der Waals surface area contributed by atoms with Gasteiger partial charge in [0.25, 0.3) is 0 Å². The number of hydrogen-bond donors (Lipinski definition) is 6. The molecule has 0 saturated carbocycles. The number of sulfonamides is 1. The van der Waals surface area contributed by atoms with Gasteiger partial charge in [0.05, 0.1) is 6.26 Å². The number of nitrogens with one attached hydrogen (secondary N) is 4. The second-order valence-electron chi connectivity index (χ2n) is 9.60. The Balaban J connectivity index is 0.00000616. The third-order valence-electron chi connectivity index (χ3n) is 6.22. The van der Waals surface area contributed by atoms with Crippen LogP contribution in [0.1, 0.15) is 31.0 Å². The molecule has 0 fully saturated rings. The van der Waals surface area contributed by atoms with Gasteiger partial charge in [-0.15, -0.1) is 0 Å². The largest absolute Gasteiger partial charge is 0.384 e. The Morgan fingerprint density at radius 1 is 0.829 bits per heavy atom. The van der Waals surface area contributed by atoms with Crippen LogP contribution in [-0.2, 0) is 37.4 Å². The van der Waals surface area contributed by atoms with Gasteiger partial charge in [0, 0.05) is 20.0 Å². The number of carbonyl (C=O) groups excluding carboxylic acids is 3. The van der Waals surface area contributed by atoms with E-state index in [2.05, 4.69) is 15.4 Å². The smallest absolute Gasteiger partial charge is 0.242 e. The quantitative estimate of drug-likeness (QED) is 0.123. The summed E-state index contributed by atoms with van der Waals surface area (Å²) in [6.07, 6.45) is 0.728. The molecule has 2 atom stereocenters. The van der Waals surface area contributed by atoms with Gasteiger partial charge in [-0.05, 0) is 35.1 Å². The van der Waals surface area contributed by atoms with Crippen LogP contribution in [-0.4, -0.2) is 50.3 Å². The number of benzene rings is 3. The Hall–Kier alpha value is -4.55. The molecule has 3 amide bonds. The number of hydrogen-bond acceptors (Lipinski definition) is 6. The van der Waals surface area contributed by atoms with Gasteiger partial charge in [-0.1, -0.05) is 78.9 Å². The summed E-state index contributed by atoms with van der Waals surface area (Å²) < 4.78 is 26.5. The van der Waals surface area contributed by atoms with Crippen molar-refractivity contribution in [3.05, 3.63) is 95.6 Å². The van der Waals surface area contributed by atoms with Crippen molar-refractivity contribution >= 4 is 33.6 Å². The molecule has 0 bridgehead atoms. The summed E-state index contributed by atoms with van der Waals surface area (Å²) in [5, 5.41) is 12.8. The molecular weight excluding hydrogens is 544 g/mol. The first-order valence-electron chi connectivity index (χ1n) is 12.8. The number of rotatable bonds is 14. The van der Waals surface area contributed by atoms with Gasteiger partial charge < -0.3 is 22.1 Å². The van der Waals surface area contributed by atoms with Crippen LogP contribution < -0.4 is 26.8 Å². The lowest BCUT2D eigenvalue weighted by Crippen LogP contribution is -2.54. The molecule has 0 aliphatic carbocycles. The Bertz CT molecular complexity index is 1480. The van der Waals surface area contributed by atoms with E-state index in [1.807, 2.05) is 42.5 Å². The minimum atomic E-state index is -3.79. The molecule has 3 aromatic carbocycles. The summed E-state index contributed by atoms with van der Waals surface area (Å²) in [6.45, 7) is 0.110. The standard InChI is InChI=1S/C29H34N6O5S.H2/c1-41(39,40)35-25(17-19-7-11-22(12-8-19)21-5-3-2-4-6-21)29(38)34-24(15-16-26(30)36)28(37)33-18-20-9-13-23(14-10-20)27(31)32;/h2-14,24-25,35H,15-18H2,1H3,(H2,30,36)(H3,31,32)(H,33,37)(H,34,38);1H/t24-,25+;/m0./s1. The van der Waals surface area contributed by atoms with Crippen molar-refractivity contribution in [3.8, 4) is 11.1 Å². The zero-order valence-corrected chi connectivity index (χ0v) is 23.4. The van der Waals surface area contributed by atoms with Gasteiger partial charge >= 0.3 is 0 Å². The fourth-order valence-electron chi connectivity index (χ4n) is 4.09. The normalized spacial score (nSPS) is 12.6. The second-order valence-corrected chi connectivity index (χ2v) is 11.4. The zero-order valence-electron chi connectivity index (χ0n) is 22.6. The summed E-state index contributed by atoms with van der Waals surface area (Å²) in [4.78, 5) is 37.7. The molecule has 0 radical (unpaired) electrons. The van der Waals surface area contributed by atoms with E-state index in [1.165, 1.54) is 0 Å². The maximum Gasteiger partial charge on any atom is 0.242 e. The number of nitrogens with two attached hydrogens (primary N) is 2. The highest BCUT2D eigenvalue weighted by molar-refractivity contribution is 7.88. The molecule has 0 aromatic heterocycles. The fourth-order valence-corrected chi connectivity index (χ4v) is 4.80. The molecule has 0 unspecified atom stereocenters. The third-order valence-corrected chi connectivity index (χ3v) is 6.93. The second kappa shape index (κ2) is 14.2. The van der Waals surface area contributed by atoms with Gasteiger partial charge in [-0.25, -0.2) is 13.1 Å². The van der Waals surface area contributed by atoms with E-state index in [9.17, 15) is 22.8 Å². The third kappa shape index (κ3) is 10.2. The van der Waals surface area contributed by atoms with Crippen LogP contribution in [0, 0.1) is 5.41 Å². The predicted octanol–water partition coefficient (Wildman–Crippen LogP) is 1.41. The lowest BCUT2D eigenvalue weighted by Gasteiger charge is -2.23. The van der Waals surface area contributed by atoms with Gasteiger partial charge in [-0.2, -0.15) is 0 Å². The minimum Gasteiger partial charge on any atom is -0.384 e. The summed E-state index contributed by atoms with van der Waals surface area (Å²) in [6, 6.07) is 21.4. The molecule has 41 heavy (non-hydrogen) atoms. The van der Waals surface area contributed by atoms with E-state index in [0.717, 1.165) is 22.9 Å². The summed E-state index contributed by atoms with van der Waals surface area (Å²) in [7, 11) is -3.79. The molecule has 12 heteroatoms. The summed E-state index contributed by atoms with van der Waals surface area (Å²) in [5.41, 5.74) is 14.7. The molecular formula is C29H36N6O5S. The highest BCUT2D eigenvalue weighted by atomic mass is 32.2. The first-order valence-corrected chi connectivity index (χ1v) is 14.7. The van der Waals surface area contributed by atoms with E-state index in [-0.39, 0.29) is 33.1 Å². The zero-order chi connectivity index (χ0) is 30.0. The van der Waals surface area contributed by atoms with Crippen LogP contribution in [0.25, 0.3) is 11.1 Å². The average molecular weight is 581 g/mol. The lowest BCUT2D eigenvalue weighted by molar-refractivity contribution is -0.130. The van der Waals surface area contributed by atoms with Gasteiger partial charge in [0.15, 0.2) is 0 Å². The number of amides is 3. The van der Waals surface area contributed by atoms with E-state index < -0.39 is 39.8 Å². The van der Waals surface area contributed by atoms with Crippen LogP contribution in [0.15, 0.2) is 78.9 Å². The van der Waals surface area contributed by atoms with Crippen molar-refractivity contribution in [2.45, 2.75) is 37.9 Å². The fraction of sp³-hybridized carbons (Fsp3) is 0.241. The van der Waals surface area contributed by atoms with Crippen molar-refractivity contribution in [3.63, 3.8) is 0 Å².